The van der Waals surface area contributed by atoms with Crippen molar-refractivity contribution in [1.29, 1.82) is 0 Å². The van der Waals surface area contributed by atoms with E-state index in [2.05, 4.69) is 5.32 Å². The molecule has 0 aliphatic heterocycles. The number of primary amides is 1. The number of nitrogens with one attached hydrogen (secondary N) is 1. The van der Waals surface area contributed by atoms with Crippen molar-refractivity contribution in [3.05, 3.63) is 83.9 Å². The molecule has 0 heterocycles. The number of benzene rings is 3. The molecule has 3 rings (SSSR count). The van der Waals surface area contributed by atoms with E-state index in [0.717, 1.165) is 10.8 Å². The molecule has 27 heavy (non-hydrogen) atoms. The van der Waals surface area contributed by atoms with Crippen molar-refractivity contribution in [3.63, 3.8) is 0 Å². The average molecular weight is 362 g/mol. The van der Waals surface area contributed by atoms with Crippen LogP contribution in [-0.2, 0) is 14.3 Å². The van der Waals surface area contributed by atoms with E-state index >= 15 is 0 Å². The summed E-state index contributed by atoms with van der Waals surface area (Å²) in [6, 6.07) is 21.4. The molecule has 0 aliphatic carbocycles. The molecule has 1 atom stereocenters. The fraction of sp³-hybridized carbons (Fsp3) is 0.0952. The maximum Gasteiger partial charge on any atom is 0.326 e. The van der Waals surface area contributed by atoms with Crippen LogP contribution in [0.4, 0.5) is 0 Å². The number of nitrogens with two attached hydrogens (primary N) is 1. The van der Waals surface area contributed by atoms with Gasteiger partial charge in [-0.15, -0.1) is 0 Å². The second-order valence-corrected chi connectivity index (χ2v) is 5.93. The molecule has 0 saturated heterocycles. The lowest BCUT2D eigenvalue weighted by Gasteiger charge is -2.15. The zero-order valence-corrected chi connectivity index (χ0v) is 14.4. The summed E-state index contributed by atoms with van der Waals surface area (Å²) < 4.78 is 5.13. The Balaban J connectivity index is 1.62. The molecule has 0 saturated carbocycles. The molecule has 0 spiro atoms. The van der Waals surface area contributed by atoms with Crippen molar-refractivity contribution in [3.8, 4) is 0 Å². The maximum absolute atomic E-state index is 12.3. The van der Waals surface area contributed by atoms with Gasteiger partial charge in [-0.2, -0.15) is 0 Å². The van der Waals surface area contributed by atoms with Crippen LogP contribution in [-0.4, -0.2) is 24.3 Å². The van der Waals surface area contributed by atoms with Gasteiger partial charge in [0.05, 0.1) is 0 Å². The number of rotatable bonds is 6. The minimum Gasteiger partial charge on any atom is -0.446 e. The molecule has 3 N–H and O–H groups in total. The van der Waals surface area contributed by atoms with Crippen molar-refractivity contribution in [2.45, 2.75) is 6.10 Å². The lowest BCUT2D eigenvalue weighted by molar-refractivity contribution is -0.154. The van der Waals surface area contributed by atoms with E-state index < -0.39 is 23.9 Å². The highest BCUT2D eigenvalue weighted by molar-refractivity contribution is 5.99. The molecule has 1 unspecified atom stereocenters. The topological polar surface area (TPSA) is 98.5 Å². The van der Waals surface area contributed by atoms with Gasteiger partial charge in [-0.05, 0) is 22.9 Å². The SMILES string of the molecule is NC(=O)C(OC(=O)CNC(=O)c1ccc2ccccc2c1)c1ccccc1. The van der Waals surface area contributed by atoms with Crippen molar-refractivity contribution >= 4 is 28.6 Å². The maximum atomic E-state index is 12.3. The molecule has 0 fully saturated rings. The molecule has 3 aromatic carbocycles. The molecular weight excluding hydrogens is 344 g/mol. The molecule has 6 nitrogen and oxygen atoms in total. The van der Waals surface area contributed by atoms with Gasteiger partial charge in [-0.3, -0.25) is 14.4 Å². The third kappa shape index (κ3) is 4.49. The van der Waals surface area contributed by atoms with Gasteiger partial charge in [-0.25, -0.2) is 0 Å². The molecule has 6 heteroatoms. The van der Waals surface area contributed by atoms with Gasteiger partial charge < -0.3 is 15.8 Å². The third-order valence-electron chi connectivity index (χ3n) is 4.01. The summed E-state index contributed by atoms with van der Waals surface area (Å²) in [7, 11) is 0. The van der Waals surface area contributed by atoms with Crippen LogP contribution < -0.4 is 11.1 Å². The second-order valence-electron chi connectivity index (χ2n) is 5.93. The number of amides is 2. The van der Waals surface area contributed by atoms with E-state index in [1.165, 1.54) is 0 Å². The van der Waals surface area contributed by atoms with Crippen LogP contribution in [0.15, 0.2) is 72.8 Å². The largest absolute Gasteiger partial charge is 0.446 e. The molecule has 0 aromatic heterocycles. The van der Waals surface area contributed by atoms with Crippen molar-refractivity contribution in [2.24, 2.45) is 5.73 Å². The van der Waals surface area contributed by atoms with Gasteiger partial charge in [-0.1, -0.05) is 60.7 Å². The van der Waals surface area contributed by atoms with E-state index in [9.17, 15) is 14.4 Å². The van der Waals surface area contributed by atoms with Crippen LogP contribution in [0.1, 0.15) is 22.0 Å². The molecule has 0 aliphatic rings. The van der Waals surface area contributed by atoms with E-state index in [4.69, 9.17) is 10.5 Å². The summed E-state index contributed by atoms with van der Waals surface area (Å²) in [6.45, 7) is -0.373. The van der Waals surface area contributed by atoms with E-state index in [1.807, 2.05) is 30.3 Å². The Morgan fingerprint density at radius 3 is 2.26 bits per heavy atom. The Morgan fingerprint density at radius 1 is 0.889 bits per heavy atom. The highest BCUT2D eigenvalue weighted by Crippen LogP contribution is 2.17. The number of hydrogen-bond donors (Lipinski definition) is 2. The monoisotopic (exact) mass is 362 g/mol. The first kappa shape index (κ1) is 18.1. The molecule has 2 amide bonds. The van der Waals surface area contributed by atoms with Gasteiger partial charge >= 0.3 is 5.97 Å². The first-order valence-corrected chi connectivity index (χ1v) is 8.35. The van der Waals surface area contributed by atoms with Gasteiger partial charge in [0, 0.05) is 11.1 Å². The van der Waals surface area contributed by atoms with Crippen molar-refractivity contribution in [2.75, 3.05) is 6.54 Å². The summed E-state index contributed by atoms with van der Waals surface area (Å²) >= 11 is 0. The Hall–Kier alpha value is -3.67. The van der Waals surface area contributed by atoms with Crippen LogP contribution in [0, 0.1) is 0 Å². The summed E-state index contributed by atoms with van der Waals surface area (Å²) in [5, 5.41) is 4.43. The Morgan fingerprint density at radius 2 is 1.56 bits per heavy atom. The number of ether oxygens (including phenoxy) is 1. The minimum atomic E-state index is -1.20. The van der Waals surface area contributed by atoms with Crippen molar-refractivity contribution < 1.29 is 19.1 Å². The fourth-order valence-electron chi connectivity index (χ4n) is 2.68. The fourth-order valence-corrected chi connectivity index (χ4v) is 2.68. The first-order valence-electron chi connectivity index (χ1n) is 8.35. The molecule has 0 bridgehead atoms. The standard InChI is InChI=1S/C21H18N2O4/c22-20(25)19(15-7-2-1-3-8-15)27-18(24)13-23-21(26)17-11-10-14-6-4-5-9-16(14)12-17/h1-12,19H,13H2,(H2,22,25)(H,23,26). The Bertz CT molecular complexity index is 986. The van der Waals surface area contributed by atoms with Gasteiger partial charge in [0.1, 0.15) is 6.54 Å². The number of carbonyl (C=O) groups is 3. The predicted octanol–water partition coefficient (Wildman–Crippen LogP) is 2.34. The molecule has 136 valence electrons. The molecule has 0 radical (unpaired) electrons. The van der Waals surface area contributed by atoms with Crippen LogP contribution in [0.25, 0.3) is 10.8 Å². The highest BCUT2D eigenvalue weighted by Gasteiger charge is 2.22. The first-order chi connectivity index (χ1) is 13.0. The predicted molar refractivity (Wildman–Crippen MR) is 101 cm³/mol. The normalized spacial score (nSPS) is 11.6. The third-order valence-corrected chi connectivity index (χ3v) is 4.01. The Kier molecular flexibility index (Phi) is 5.47. The van der Waals surface area contributed by atoms with Gasteiger partial charge in [0.15, 0.2) is 0 Å². The van der Waals surface area contributed by atoms with Crippen LogP contribution in [0.5, 0.6) is 0 Å². The quantitative estimate of drug-likeness (QED) is 0.658. The average Bonchev–Trinajstić information content (AvgIpc) is 2.70. The summed E-state index contributed by atoms with van der Waals surface area (Å²) in [6.07, 6.45) is -1.20. The van der Waals surface area contributed by atoms with Crippen molar-refractivity contribution in [1.82, 2.24) is 5.32 Å². The zero-order valence-electron chi connectivity index (χ0n) is 14.4. The number of fused-ring (bicyclic) bond motifs is 1. The summed E-state index contributed by atoms with van der Waals surface area (Å²) in [4.78, 5) is 35.9. The van der Waals surface area contributed by atoms with Gasteiger partial charge in [0.25, 0.3) is 11.8 Å². The zero-order chi connectivity index (χ0) is 19.2. The summed E-state index contributed by atoms with van der Waals surface area (Å²) in [5.74, 6) is -1.94. The number of esters is 1. The van der Waals surface area contributed by atoms with E-state index in [0.29, 0.717) is 11.1 Å². The number of hydrogen-bond acceptors (Lipinski definition) is 4. The molecule has 3 aromatic rings. The second kappa shape index (κ2) is 8.14. The number of carbonyl (C=O) groups excluding carboxylic acids is 3. The summed E-state index contributed by atoms with van der Waals surface area (Å²) in [5.41, 5.74) is 6.21. The lowest BCUT2D eigenvalue weighted by Crippen LogP contribution is -2.33. The van der Waals surface area contributed by atoms with E-state index in [-0.39, 0.29) is 6.54 Å². The highest BCUT2D eigenvalue weighted by atomic mass is 16.5. The minimum absolute atomic E-state index is 0.373. The smallest absolute Gasteiger partial charge is 0.326 e. The van der Waals surface area contributed by atoms with Crippen LogP contribution in [0.3, 0.4) is 0 Å². The van der Waals surface area contributed by atoms with E-state index in [1.54, 1.807) is 42.5 Å². The Labute approximate surface area is 155 Å². The van der Waals surface area contributed by atoms with Gasteiger partial charge in [0.2, 0.25) is 6.10 Å². The molecular formula is C21H18N2O4. The van der Waals surface area contributed by atoms with Crippen LogP contribution >= 0.6 is 0 Å². The van der Waals surface area contributed by atoms with Crippen LogP contribution in [0.2, 0.25) is 0 Å². The lowest BCUT2D eigenvalue weighted by atomic mass is 10.1.